The molecule has 0 atom stereocenters. The van der Waals surface area contributed by atoms with Crippen LogP contribution in [-0.2, 0) is 14.8 Å². The standard InChI is InChI=1S/C19H23N5O4S/c1-19(2,3)17(26)23-18-21-15-13(16(25)22-18)10-14(20-15)11-6-8-12(9-7-11)29(27,28)24(4)5/h6-10H,1-5H3,(H3,20,21,22,23,25,26). The topological polar surface area (TPSA) is 128 Å². The predicted octanol–water partition coefficient (Wildman–Crippen LogP) is 2.15. The first-order chi connectivity index (χ1) is 13.4. The van der Waals surface area contributed by atoms with Gasteiger partial charge in [-0.3, -0.25) is 19.9 Å². The number of hydrogen-bond donors (Lipinski definition) is 3. The highest BCUT2D eigenvalue weighted by Gasteiger charge is 2.22. The maximum absolute atomic E-state index is 12.4. The van der Waals surface area contributed by atoms with Gasteiger partial charge in [0.05, 0.1) is 10.3 Å². The molecule has 1 aromatic carbocycles. The summed E-state index contributed by atoms with van der Waals surface area (Å²) < 4.78 is 25.5. The molecule has 9 nitrogen and oxygen atoms in total. The minimum atomic E-state index is -3.52. The molecule has 0 saturated heterocycles. The van der Waals surface area contributed by atoms with E-state index in [1.54, 1.807) is 39.0 Å². The number of rotatable bonds is 4. The molecule has 0 saturated carbocycles. The quantitative estimate of drug-likeness (QED) is 0.599. The first-order valence-corrected chi connectivity index (χ1v) is 10.3. The van der Waals surface area contributed by atoms with Crippen LogP contribution in [0.1, 0.15) is 20.8 Å². The number of carbonyl (C=O) groups is 1. The molecule has 0 aliphatic heterocycles. The van der Waals surface area contributed by atoms with Crippen molar-refractivity contribution >= 4 is 32.9 Å². The number of aromatic nitrogens is 3. The Bertz CT molecular complexity index is 1230. The lowest BCUT2D eigenvalue weighted by molar-refractivity contribution is -0.123. The second-order valence-corrected chi connectivity index (χ2v) is 10.0. The van der Waals surface area contributed by atoms with Crippen molar-refractivity contribution in [3.05, 3.63) is 40.7 Å². The number of anilines is 1. The van der Waals surface area contributed by atoms with Crippen LogP contribution in [0.5, 0.6) is 0 Å². The zero-order valence-electron chi connectivity index (χ0n) is 16.8. The van der Waals surface area contributed by atoms with Gasteiger partial charge in [0.15, 0.2) is 0 Å². The summed E-state index contributed by atoms with van der Waals surface area (Å²) in [5.74, 6) is -0.215. The van der Waals surface area contributed by atoms with E-state index >= 15 is 0 Å². The average Bonchev–Trinajstić information content (AvgIpc) is 3.05. The zero-order valence-corrected chi connectivity index (χ0v) is 17.6. The van der Waals surface area contributed by atoms with E-state index in [9.17, 15) is 18.0 Å². The van der Waals surface area contributed by atoms with Gasteiger partial charge in [-0.25, -0.2) is 12.7 Å². The minimum absolute atomic E-state index is 0.0586. The number of hydrogen-bond acceptors (Lipinski definition) is 5. The Kier molecular flexibility index (Phi) is 5.10. The van der Waals surface area contributed by atoms with Crippen molar-refractivity contribution in [2.75, 3.05) is 19.4 Å². The van der Waals surface area contributed by atoms with E-state index in [0.717, 1.165) is 4.31 Å². The van der Waals surface area contributed by atoms with Crippen LogP contribution in [0.25, 0.3) is 22.3 Å². The molecular weight excluding hydrogens is 394 g/mol. The monoisotopic (exact) mass is 417 g/mol. The largest absolute Gasteiger partial charge is 0.339 e. The minimum Gasteiger partial charge on any atom is -0.339 e. The van der Waals surface area contributed by atoms with Crippen molar-refractivity contribution in [1.29, 1.82) is 0 Å². The van der Waals surface area contributed by atoms with E-state index in [1.165, 1.54) is 26.2 Å². The molecule has 0 aliphatic rings. The molecule has 154 valence electrons. The fourth-order valence-corrected chi connectivity index (χ4v) is 3.45. The fourth-order valence-electron chi connectivity index (χ4n) is 2.55. The number of nitrogens with zero attached hydrogens (tertiary/aromatic N) is 2. The number of aromatic amines is 2. The van der Waals surface area contributed by atoms with Crippen LogP contribution in [-0.4, -0.2) is 47.7 Å². The van der Waals surface area contributed by atoms with Gasteiger partial charge >= 0.3 is 0 Å². The molecule has 0 spiro atoms. The third-order valence-electron chi connectivity index (χ3n) is 4.35. The Balaban J connectivity index is 1.97. The molecule has 3 aromatic rings. The van der Waals surface area contributed by atoms with Gasteiger partial charge in [0.25, 0.3) is 5.56 Å². The van der Waals surface area contributed by atoms with Crippen LogP contribution in [0, 0.1) is 5.41 Å². The highest BCUT2D eigenvalue weighted by atomic mass is 32.2. The summed E-state index contributed by atoms with van der Waals surface area (Å²) in [7, 11) is -0.587. The van der Waals surface area contributed by atoms with E-state index in [4.69, 9.17) is 0 Å². The van der Waals surface area contributed by atoms with Gasteiger partial charge in [0.1, 0.15) is 5.65 Å². The maximum atomic E-state index is 12.4. The summed E-state index contributed by atoms with van der Waals surface area (Å²) in [6.07, 6.45) is 0. The van der Waals surface area contributed by atoms with Gasteiger partial charge < -0.3 is 4.98 Å². The highest BCUT2D eigenvalue weighted by molar-refractivity contribution is 7.89. The van der Waals surface area contributed by atoms with Crippen LogP contribution in [0.3, 0.4) is 0 Å². The number of benzene rings is 1. The first-order valence-electron chi connectivity index (χ1n) is 8.87. The Labute approximate surface area is 168 Å². The summed E-state index contributed by atoms with van der Waals surface area (Å²) in [5.41, 5.74) is 0.584. The Morgan fingerprint density at radius 2 is 1.72 bits per heavy atom. The lowest BCUT2D eigenvalue weighted by Gasteiger charge is -2.16. The first kappa shape index (κ1) is 20.7. The van der Waals surface area contributed by atoms with Crippen molar-refractivity contribution in [2.45, 2.75) is 25.7 Å². The van der Waals surface area contributed by atoms with Crippen LogP contribution in [0.15, 0.2) is 40.0 Å². The van der Waals surface area contributed by atoms with Gasteiger partial charge in [-0.05, 0) is 23.8 Å². The Hall–Kier alpha value is -2.98. The summed E-state index contributed by atoms with van der Waals surface area (Å²) in [5, 5.41) is 2.93. The van der Waals surface area contributed by atoms with Crippen LogP contribution >= 0.6 is 0 Å². The molecule has 0 fully saturated rings. The van der Waals surface area contributed by atoms with Crippen molar-refractivity contribution in [3.63, 3.8) is 0 Å². The van der Waals surface area contributed by atoms with E-state index in [1.807, 2.05) is 0 Å². The van der Waals surface area contributed by atoms with Gasteiger partial charge in [-0.15, -0.1) is 0 Å². The van der Waals surface area contributed by atoms with Gasteiger partial charge in [-0.1, -0.05) is 32.9 Å². The highest BCUT2D eigenvalue weighted by Crippen LogP contribution is 2.24. The third-order valence-corrected chi connectivity index (χ3v) is 6.18. The second kappa shape index (κ2) is 7.12. The van der Waals surface area contributed by atoms with Crippen molar-refractivity contribution < 1.29 is 13.2 Å². The van der Waals surface area contributed by atoms with Crippen LogP contribution in [0.4, 0.5) is 5.95 Å². The van der Waals surface area contributed by atoms with Gasteiger partial charge in [-0.2, -0.15) is 4.98 Å². The molecule has 3 N–H and O–H groups in total. The molecule has 0 unspecified atom stereocenters. The Morgan fingerprint density at radius 3 is 2.28 bits per heavy atom. The molecule has 0 radical (unpaired) electrons. The smallest absolute Gasteiger partial charge is 0.261 e. The van der Waals surface area contributed by atoms with E-state index in [2.05, 4.69) is 20.3 Å². The molecule has 1 amide bonds. The van der Waals surface area contributed by atoms with E-state index in [-0.39, 0.29) is 16.8 Å². The SMILES string of the molecule is CN(C)S(=O)(=O)c1ccc(-c2cc3c(=O)[nH]c(NC(=O)C(C)(C)C)nc3[nH]2)cc1. The predicted molar refractivity (Wildman–Crippen MR) is 111 cm³/mol. The van der Waals surface area contributed by atoms with E-state index < -0.39 is 21.0 Å². The summed E-state index contributed by atoms with van der Waals surface area (Å²) in [6.45, 7) is 5.27. The van der Waals surface area contributed by atoms with Gasteiger partial charge in [0, 0.05) is 25.2 Å². The van der Waals surface area contributed by atoms with Gasteiger partial charge in [0.2, 0.25) is 21.9 Å². The number of sulfonamides is 1. The molecule has 10 heteroatoms. The normalized spacial score (nSPS) is 12.5. The average molecular weight is 417 g/mol. The molecule has 2 aromatic heterocycles. The van der Waals surface area contributed by atoms with Crippen molar-refractivity contribution in [2.24, 2.45) is 5.41 Å². The summed E-state index contributed by atoms with van der Waals surface area (Å²) >= 11 is 0. The second-order valence-electron chi connectivity index (χ2n) is 7.88. The summed E-state index contributed by atoms with van der Waals surface area (Å²) in [4.78, 5) is 34.6. The maximum Gasteiger partial charge on any atom is 0.261 e. The third kappa shape index (κ3) is 4.08. The molecule has 0 bridgehead atoms. The molecule has 3 rings (SSSR count). The van der Waals surface area contributed by atoms with Crippen molar-refractivity contribution in [3.8, 4) is 11.3 Å². The number of carbonyl (C=O) groups excluding carboxylic acids is 1. The number of amides is 1. The molecule has 0 aliphatic carbocycles. The van der Waals surface area contributed by atoms with E-state index in [0.29, 0.717) is 22.3 Å². The molecule has 29 heavy (non-hydrogen) atoms. The van der Waals surface area contributed by atoms with Crippen LogP contribution < -0.4 is 10.9 Å². The lowest BCUT2D eigenvalue weighted by atomic mass is 9.96. The summed E-state index contributed by atoms with van der Waals surface area (Å²) in [6, 6.07) is 7.94. The van der Waals surface area contributed by atoms with Crippen LogP contribution in [0.2, 0.25) is 0 Å². The number of nitrogens with one attached hydrogen (secondary N) is 3. The molecular formula is C19H23N5O4S. The fraction of sp³-hybridized carbons (Fsp3) is 0.316. The van der Waals surface area contributed by atoms with Crippen molar-refractivity contribution in [1.82, 2.24) is 19.3 Å². The molecule has 2 heterocycles. The Morgan fingerprint density at radius 1 is 1.10 bits per heavy atom. The zero-order chi connectivity index (χ0) is 21.6. The number of H-pyrrole nitrogens is 2. The lowest BCUT2D eigenvalue weighted by Crippen LogP contribution is -2.29. The number of fused-ring (bicyclic) bond motifs is 1.